The quantitative estimate of drug-likeness (QED) is 0.453. The molecule has 0 bridgehead atoms. The lowest BCUT2D eigenvalue weighted by Gasteiger charge is -2.21. The van der Waals surface area contributed by atoms with E-state index in [4.69, 9.17) is 21.1 Å². The molecule has 4 nitrogen and oxygen atoms in total. The molecule has 0 spiro atoms. The molecule has 0 unspecified atom stereocenters. The van der Waals surface area contributed by atoms with Gasteiger partial charge in [0.1, 0.15) is 23.2 Å². The van der Waals surface area contributed by atoms with Gasteiger partial charge in [-0.05, 0) is 49.4 Å². The maximum Gasteiger partial charge on any atom is 0.349 e. The molecule has 0 radical (unpaired) electrons. The van der Waals surface area contributed by atoms with Gasteiger partial charge in [-0.1, -0.05) is 23.2 Å². The molecule has 1 heterocycles. The minimum absolute atomic E-state index is 0.0656. The van der Waals surface area contributed by atoms with E-state index >= 15 is 0 Å². The molecule has 0 aliphatic carbocycles. The lowest BCUT2D eigenvalue weighted by Crippen LogP contribution is -2.10. The molecule has 2 aromatic carbocycles. The number of fused-ring (bicyclic) bond motifs is 1. The maximum absolute atomic E-state index is 12.0. The lowest BCUT2D eigenvalue weighted by molar-refractivity contribution is -0.135. The van der Waals surface area contributed by atoms with Crippen LogP contribution in [0.5, 0.6) is 5.75 Å². The molecule has 0 aromatic heterocycles. The van der Waals surface area contributed by atoms with Gasteiger partial charge in [-0.2, -0.15) is 5.26 Å². The first-order chi connectivity index (χ1) is 12.0. The van der Waals surface area contributed by atoms with Crippen molar-refractivity contribution in [2.75, 3.05) is 7.11 Å². The fourth-order valence-electron chi connectivity index (χ4n) is 2.58. The highest BCUT2D eigenvalue weighted by molar-refractivity contribution is 6.30. The summed E-state index contributed by atoms with van der Waals surface area (Å²) in [7, 11) is 1.25. The van der Waals surface area contributed by atoms with E-state index in [0.717, 1.165) is 11.1 Å². The van der Waals surface area contributed by atoms with Crippen molar-refractivity contribution in [1.82, 2.24) is 0 Å². The van der Waals surface area contributed by atoms with Gasteiger partial charge in [0.2, 0.25) is 0 Å². The maximum atomic E-state index is 12.0. The van der Waals surface area contributed by atoms with Crippen LogP contribution in [0.4, 0.5) is 0 Å². The van der Waals surface area contributed by atoms with Gasteiger partial charge in [0, 0.05) is 21.7 Å². The third-order valence-corrected chi connectivity index (χ3v) is 4.07. The van der Waals surface area contributed by atoms with Crippen LogP contribution >= 0.6 is 11.6 Å². The van der Waals surface area contributed by atoms with E-state index in [-0.39, 0.29) is 5.57 Å². The van der Waals surface area contributed by atoms with Crippen molar-refractivity contribution in [2.24, 2.45) is 0 Å². The predicted molar refractivity (Wildman–Crippen MR) is 95.8 cm³/mol. The molecule has 1 aliphatic rings. The van der Waals surface area contributed by atoms with E-state index in [1.807, 2.05) is 43.3 Å². The van der Waals surface area contributed by atoms with Crippen LogP contribution < -0.4 is 4.74 Å². The average molecular weight is 352 g/mol. The number of allylic oxidation sites excluding steroid dienone is 2. The number of aryl methyl sites for hydroxylation is 1. The van der Waals surface area contributed by atoms with Crippen molar-refractivity contribution >= 4 is 28.9 Å². The smallest absolute Gasteiger partial charge is 0.349 e. The second kappa shape index (κ2) is 6.84. The number of hydrogen-bond acceptors (Lipinski definition) is 4. The highest BCUT2D eigenvalue weighted by Gasteiger charge is 2.24. The number of carbonyl (C=O) groups is 1. The van der Waals surface area contributed by atoms with Crippen LogP contribution in [-0.4, -0.2) is 13.1 Å². The van der Waals surface area contributed by atoms with Crippen LogP contribution in [0, 0.1) is 18.3 Å². The van der Waals surface area contributed by atoms with Crippen LogP contribution in [0.3, 0.4) is 0 Å². The van der Waals surface area contributed by atoms with Crippen LogP contribution in [0.1, 0.15) is 16.7 Å². The van der Waals surface area contributed by atoms with Gasteiger partial charge >= 0.3 is 5.97 Å². The summed E-state index contributed by atoms with van der Waals surface area (Å²) in [6, 6.07) is 14.7. The summed E-state index contributed by atoms with van der Waals surface area (Å²) < 4.78 is 10.7. The summed E-state index contributed by atoms with van der Waals surface area (Å²) in [5.41, 5.74) is 2.87. The Kier molecular flexibility index (Phi) is 4.60. The first-order valence-electron chi connectivity index (χ1n) is 7.52. The number of ether oxygens (including phenoxy) is 2. The minimum Gasteiger partial charge on any atom is -0.465 e. The number of methoxy groups -OCH3 is 1. The molecule has 0 fully saturated rings. The third-order valence-electron chi connectivity index (χ3n) is 3.82. The van der Waals surface area contributed by atoms with Crippen LogP contribution in [0.15, 0.2) is 54.1 Å². The zero-order valence-corrected chi connectivity index (χ0v) is 14.4. The first kappa shape index (κ1) is 16.8. The van der Waals surface area contributed by atoms with Gasteiger partial charge in [-0.3, -0.25) is 0 Å². The number of hydrogen-bond donors (Lipinski definition) is 0. The monoisotopic (exact) mass is 351 g/mol. The lowest BCUT2D eigenvalue weighted by atomic mass is 9.94. The summed E-state index contributed by atoms with van der Waals surface area (Å²) >= 11 is 5.94. The topological polar surface area (TPSA) is 59.3 Å². The van der Waals surface area contributed by atoms with Gasteiger partial charge in [0.15, 0.2) is 0 Å². The Balaban J connectivity index is 2.24. The third kappa shape index (κ3) is 3.28. The number of esters is 1. The molecule has 3 rings (SSSR count). The Labute approximate surface area is 150 Å². The predicted octanol–water partition coefficient (Wildman–Crippen LogP) is 4.53. The largest absolute Gasteiger partial charge is 0.465 e. The van der Waals surface area contributed by atoms with E-state index in [1.165, 1.54) is 7.11 Å². The van der Waals surface area contributed by atoms with E-state index < -0.39 is 5.97 Å². The Morgan fingerprint density at radius 1 is 1.20 bits per heavy atom. The van der Waals surface area contributed by atoms with Gasteiger partial charge in [0.25, 0.3) is 0 Å². The molecular formula is C20H14ClNO3. The Hall–Kier alpha value is -3.03. The summed E-state index contributed by atoms with van der Waals surface area (Å²) in [6.07, 6.45) is 1.68. The summed E-state index contributed by atoms with van der Waals surface area (Å²) in [6.45, 7) is 1.93. The summed E-state index contributed by atoms with van der Waals surface area (Å²) in [4.78, 5) is 12.0. The highest BCUT2D eigenvalue weighted by Crippen LogP contribution is 2.39. The zero-order chi connectivity index (χ0) is 18.0. The number of carbonyl (C=O) groups excluding carboxylic acids is 1. The van der Waals surface area contributed by atoms with Gasteiger partial charge in [-0.25, -0.2) is 4.79 Å². The molecular weight excluding hydrogens is 338 g/mol. The molecule has 25 heavy (non-hydrogen) atoms. The molecule has 0 saturated heterocycles. The van der Waals surface area contributed by atoms with Crippen molar-refractivity contribution < 1.29 is 14.3 Å². The second-order valence-corrected chi connectivity index (χ2v) is 5.95. The van der Waals surface area contributed by atoms with Crippen molar-refractivity contribution in [2.45, 2.75) is 6.92 Å². The van der Waals surface area contributed by atoms with Crippen molar-refractivity contribution in [3.05, 3.63) is 75.8 Å². The SMILES string of the molecule is COC(=O)C(C#N)=C1C=C(c2ccc(Cl)cc2)Oc2ccc(C)cc21. The molecule has 0 atom stereocenters. The van der Waals surface area contributed by atoms with E-state index in [0.29, 0.717) is 27.7 Å². The Bertz CT molecular complexity index is 950. The fourth-order valence-corrected chi connectivity index (χ4v) is 2.71. The van der Waals surface area contributed by atoms with Gasteiger partial charge < -0.3 is 9.47 Å². The second-order valence-electron chi connectivity index (χ2n) is 5.51. The molecule has 0 amide bonds. The molecule has 124 valence electrons. The number of halogens is 1. The highest BCUT2D eigenvalue weighted by atomic mass is 35.5. The standard InChI is InChI=1S/C20H14ClNO3/c1-12-3-8-18-16(9-12)15(17(11-22)20(23)24-2)10-19(25-18)13-4-6-14(21)7-5-13/h3-10H,1-2H3. The van der Waals surface area contributed by atoms with Gasteiger partial charge in [0.05, 0.1) is 7.11 Å². The number of nitrogens with zero attached hydrogens (tertiary/aromatic N) is 1. The molecule has 1 aliphatic heterocycles. The first-order valence-corrected chi connectivity index (χ1v) is 7.90. The van der Waals surface area contributed by atoms with E-state index in [9.17, 15) is 10.1 Å². The average Bonchev–Trinajstić information content (AvgIpc) is 2.62. The number of rotatable bonds is 2. The number of nitriles is 1. The van der Waals surface area contributed by atoms with E-state index in [1.54, 1.807) is 18.2 Å². The van der Waals surface area contributed by atoms with Crippen LogP contribution in [-0.2, 0) is 9.53 Å². The van der Waals surface area contributed by atoms with Crippen LogP contribution in [0.2, 0.25) is 5.02 Å². The van der Waals surface area contributed by atoms with Gasteiger partial charge in [-0.15, -0.1) is 0 Å². The molecule has 0 saturated carbocycles. The number of benzene rings is 2. The molecule has 2 aromatic rings. The van der Waals surface area contributed by atoms with Crippen molar-refractivity contribution in [3.63, 3.8) is 0 Å². The van der Waals surface area contributed by atoms with E-state index in [2.05, 4.69) is 0 Å². The van der Waals surface area contributed by atoms with Crippen molar-refractivity contribution in [1.29, 1.82) is 5.26 Å². The normalized spacial score (nSPS) is 14.6. The summed E-state index contributed by atoms with van der Waals surface area (Å²) in [5, 5.41) is 10.1. The Morgan fingerprint density at radius 2 is 1.92 bits per heavy atom. The molecule has 5 heteroatoms. The minimum atomic E-state index is -0.682. The fraction of sp³-hybridized carbons (Fsp3) is 0.100. The van der Waals surface area contributed by atoms with Crippen LogP contribution in [0.25, 0.3) is 11.3 Å². The molecule has 0 N–H and O–H groups in total. The summed E-state index contributed by atoms with van der Waals surface area (Å²) in [5.74, 6) is 0.419. The zero-order valence-electron chi connectivity index (χ0n) is 13.7. The Morgan fingerprint density at radius 3 is 2.56 bits per heavy atom. The van der Waals surface area contributed by atoms with Crippen molar-refractivity contribution in [3.8, 4) is 11.8 Å².